The number of hydrazone groups is 1. The molecule has 27 heavy (non-hydrogen) atoms. The number of rotatable bonds is 7. The number of hydrogen-bond acceptors (Lipinski definition) is 3. The number of methoxy groups -OCH3 is 1. The van der Waals surface area contributed by atoms with E-state index < -0.39 is 0 Å². The van der Waals surface area contributed by atoms with Gasteiger partial charge in [0.25, 0.3) is 0 Å². The highest BCUT2D eigenvalue weighted by atomic mass is 16.5. The summed E-state index contributed by atoms with van der Waals surface area (Å²) in [6.07, 6.45) is 2.76. The predicted molar refractivity (Wildman–Crippen MR) is 108 cm³/mol. The van der Waals surface area contributed by atoms with Crippen LogP contribution in [-0.4, -0.2) is 23.8 Å². The molecule has 0 unspecified atom stereocenters. The minimum absolute atomic E-state index is 0.102. The number of hydrogen-bond donors (Lipinski definition) is 1. The van der Waals surface area contributed by atoms with Crippen molar-refractivity contribution in [3.8, 4) is 11.4 Å². The van der Waals surface area contributed by atoms with Gasteiger partial charge in [-0.1, -0.05) is 30.3 Å². The van der Waals surface area contributed by atoms with Crippen molar-refractivity contribution in [1.29, 1.82) is 0 Å². The molecule has 1 amide bonds. The van der Waals surface area contributed by atoms with Gasteiger partial charge in [0.15, 0.2) is 0 Å². The standard InChI is InChI=1S/C22H23N3O2/c1-17-8-10-20(25(17)19-11-13-21(27-2)14-12-19)16-23-24-22(26)15-9-18-6-4-3-5-7-18/h3-8,10-14,16H,9,15H2,1-2H3,(H,24,26)/b23-16-. The first kappa shape index (κ1) is 18.5. The van der Waals surface area contributed by atoms with E-state index in [1.165, 1.54) is 0 Å². The zero-order valence-electron chi connectivity index (χ0n) is 15.6. The summed E-state index contributed by atoms with van der Waals surface area (Å²) in [6.45, 7) is 2.03. The van der Waals surface area contributed by atoms with Gasteiger partial charge in [-0.25, -0.2) is 5.43 Å². The molecule has 1 N–H and O–H groups in total. The minimum Gasteiger partial charge on any atom is -0.497 e. The lowest BCUT2D eigenvalue weighted by molar-refractivity contribution is -0.121. The SMILES string of the molecule is COc1ccc(-n2c(C)ccc2/C=N\NC(=O)CCc2ccccc2)cc1. The molecule has 0 aliphatic carbocycles. The minimum atomic E-state index is -0.102. The number of nitrogens with one attached hydrogen (secondary N) is 1. The third-order valence-corrected chi connectivity index (χ3v) is 4.31. The number of carbonyl (C=O) groups is 1. The summed E-state index contributed by atoms with van der Waals surface area (Å²) in [5.41, 5.74) is 6.72. The first-order valence-electron chi connectivity index (χ1n) is 8.86. The maximum Gasteiger partial charge on any atom is 0.240 e. The number of carbonyl (C=O) groups excluding carboxylic acids is 1. The zero-order chi connectivity index (χ0) is 19.1. The maximum absolute atomic E-state index is 12.0. The maximum atomic E-state index is 12.0. The van der Waals surface area contributed by atoms with Crippen LogP contribution < -0.4 is 10.2 Å². The molecule has 0 fully saturated rings. The highest BCUT2D eigenvalue weighted by Gasteiger charge is 2.06. The van der Waals surface area contributed by atoms with Gasteiger partial charge < -0.3 is 9.30 Å². The summed E-state index contributed by atoms with van der Waals surface area (Å²) in [7, 11) is 1.65. The molecule has 0 aliphatic heterocycles. The Balaban J connectivity index is 1.62. The van der Waals surface area contributed by atoms with E-state index in [9.17, 15) is 4.79 Å². The Hall–Kier alpha value is -3.34. The molecule has 0 radical (unpaired) electrons. The Bertz CT molecular complexity index is 912. The summed E-state index contributed by atoms with van der Waals surface area (Å²) in [5.74, 6) is 0.707. The van der Waals surface area contributed by atoms with Gasteiger partial charge in [-0.15, -0.1) is 0 Å². The summed E-state index contributed by atoms with van der Waals surface area (Å²) < 4.78 is 7.28. The molecule has 1 heterocycles. The summed E-state index contributed by atoms with van der Waals surface area (Å²) in [5, 5.41) is 4.12. The van der Waals surface area contributed by atoms with E-state index in [1.807, 2.05) is 73.7 Å². The predicted octanol–water partition coefficient (Wildman–Crippen LogP) is 3.88. The summed E-state index contributed by atoms with van der Waals surface area (Å²) >= 11 is 0. The number of ether oxygens (including phenoxy) is 1. The highest BCUT2D eigenvalue weighted by Crippen LogP contribution is 2.19. The zero-order valence-corrected chi connectivity index (χ0v) is 15.6. The molecule has 0 bridgehead atoms. The van der Waals surface area contributed by atoms with E-state index in [0.29, 0.717) is 12.8 Å². The molecular weight excluding hydrogens is 338 g/mol. The number of aryl methyl sites for hydroxylation is 2. The molecule has 3 rings (SSSR count). The summed E-state index contributed by atoms with van der Waals surface area (Å²) in [4.78, 5) is 12.0. The van der Waals surface area contributed by atoms with Crippen LogP contribution in [0.5, 0.6) is 5.75 Å². The average molecular weight is 361 g/mol. The first-order valence-corrected chi connectivity index (χ1v) is 8.86. The molecule has 138 valence electrons. The third-order valence-electron chi connectivity index (χ3n) is 4.31. The lowest BCUT2D eigenvalue weighted by Crippen LogP contribution is -2.18. The fourth-order valence-electron chi connectivity index (χ4n) is 2.87. The Labute approximate surface area is 159 Å². The number of amides is 1. The second kappa shape index (κ2) is 8.85. The normalized spacial score (nSPS) is 10.9. The van der Waals surface area contributed by atoms with Gasteiger partial charge in [0.05, 0.1) is 19.0 Å². The van der Waals surface area contributed by atoms with Gasteiger partial charge in [0.2, 0.25) is 5.91 Å². The molecular formula is C22H23N3O2. The van der Waals surface area contributed by atoms with E-state index >= 15 is 0 Å². The Morgan fingerprint density at radius 1 is 1.07 bits per heavy atom. The van der Waals surface area contributed by atoms with E-state index in [-0.39, 0.29) is 5.91 Å². The van der Waals surface area contributed by atoms with E-state index in [0.717, 1.165) is 28.4 Å². The Morgan fingerprint density at radius 2 is 1.81 bits per heavy atom. The van der Waals surface area contributed by atoms with Gasteiger partial charge in [-0.2, -0.15) is 5.10 Å². The topological polar surface area (TPSA) is 55.6 Å². The van der Waals surface area contributed by atoms with Gasteiger partial charge in [0.1, 0.15) is 5.75 Å². The second-order valence-corrected chi connectivity index (χ2v) is 6.21. The van der Waals surface area contributed by atoms with Crippen molar-refractivity contribution in [3.05, 3.63) is 83.7 Å². The number of aromatic nitrogens is 1. The van der Waals surface area contributed by atoms with Gasteiger partial charge in [-0.3, -0.25) is 4.79 Å². The molecule has 0 saturated carbocycles. The van der Waals surface area contributed by atoms with Crippen molar-refractivity contribution in [2.45, 2.75) is 19.8 Å². The molecule has 0 spiro atoms. The van der Waals surface area contributed by atoms with Crippen molar-refractivity contribution in [2.75, 3.05) is 7.11 Å². The largest absolute Gasteiger partial charge is 0.497 e. The smallest absolute Gasteiger partial charge is 0.240 e. The fraction of sp³-hybridized carbons (Fsp3) is 0.182. The van der Waals surface area contributed by atoms with Crippen LogP contribution in [0.2, 0.25) is 0 Å². The molecule has 5 heteroatoms. The van der Waals surface area contributed by atoms with Gasteiger partial charge in [-0.05, 0) is 55.3 Å². The molecule has 0 aliphatic rings. The summed E-state index contributed by atoms with van der Waals surface area (Å²) in [6, 6.07) is 21.7. The van der Waals surface area contributed by atoms with Crippen LogP contribution in [0.3, 0.4) is 0 Å². The van der Waals surface area contributed by atoms with Crippen LogP contribution in [-0.2, 0) is 11.2 Å². The van der Waals surface area contributed by atoms with E-state index in [4.69, 9.17) is 4.74 Å². The van der Waals surface area contributed by atoms with Crippen molar-refractivity contribution >= 4 is 12.1 Å². The second-order valence-electron chi connectivity index (χ2n) is 6.21. The van der Waals surface area contributed by atoms with Crippen LogP contribution in [0.25, 0.3) is 5.69 Å². The number of benzene rings is 2. The van der Waals surface area contributed by atoms with Crippen LogP contribution in [0.4, 0.5) is 0 Å². The quantitative estimate of drug-likeness (QED) is 0.513. The molecule has 0 atom stereocenters. The molecule has 0 saturated heterocycles. The van der Waals surface area contributed by atoms with Crippen LogP contribution in [0, 0.1) is 6.92 Å². The van der Waals surface area contributed by atoms with Gasteiger partial charge >= 0.3 is 0 Å². The van der Waals surface area contributed by atoms with Crippen LogP contribution in [0.15, 0.2) is 71.8 Å². The molecule has 1 aromatic heterocycles. The van der Waals surface area contributed by atoms with Crippen molar-refractivity contribution in [1.82, 2.24) is 9.99 Å². The van der Waals surface area contributed by atoms with Crippen molar-refractivity contribution in [3.63, 3.8) is 0 Å². The fourth-order valence-corrected chi connectivity index (χ4v) is 2.87. The monoisotopic (exact) mass is 361 g/mol. The van der Waals surface area contributed by atoms with Gasteiger partial charge in [0, 0.05) is 17.8 Å². The highest BCUT2D eigenvalue weighted by molar-refractivity contribution is 5.82. The molecule has 2 aromatic carbocycles. The average Bonchev–Trinajstić information content (AvgIpc) is 3.07. The third kappa shape index (κ3) is 4.85. The number of nitrogens with zero attached hydrogens (tertiary/aromatic N) is 2. The molecule has 5 nitrogen and oxygen atoms in total. The lowest BCUT2D eigenvalue weighted by Gasteiger charge is -2.10. The van der Waals surface area contributed by atoms with Crippen molar-refractivity contribution in [2.24, 2.45) is 5.10 Å². The van der Waals surface area contributed by atoms with Crippen molar-refractivity contribution < 1.29 is 9.53 Å². The van der Waals surface area contributed by atoms with E-state index in [2.05, 4.69) is 15.1 Å². The molecule has 3 aromatic rings. The Kier molecular flexibility index (Phi) is 6.05. The van der Waals surface area contributed by atoms with Crippen LogP contribution >= 0.6 is 0 Å². The lowest BCUT2D eigenvalue weighted by atomic mass is 10.1. The van der Waals surface area contributed by atoms with Crippen LogP contribution in [0.1, 0.15) is 23.4 Å². The Morgan fingerprint density at radius 3 is 2.52 bits per heavy atom. The first-order chi connectivity index (χ1) is 13.2. The van der Waals surface area contributed by atoms with E-state index in [1.54, 1.807) is 13.3 Å².